The Labute approximate surface area is 269 Å². The summed E-state index contributed by atoms with van der Waals surface area (Å²) in [6, 6.07) is 38.3. The highest BCUT2D eigenvalue weighted by Gasteiger charge is 2.22. The van der Waals surface area contributed by atoms with Crippen LogP contribution in [0.5, 0.6) is 0 Å². The molecule has 0 bridgehead atoms. The Morgan fingerprint density at radius 1 is 0.778 bits per heavy atom. The second-order valence-electron chi connectivity index (χ2n) is 10.8. The van der Waals surface area contributed by atoms with Gasteiger partial charge in [0.25, 0.3) is 0 Å². The van der Waals surface area contributed by atoms with Gasteiger partial charge < -0.3 is 13.9 Å². The Morgan fingerprint density at radius 2 is 1.36 bits per heavy atom. The smallest absolute Gasteiger partial charge is 0.330 e. The van der Waals surface area contributed by atoms with Crippen molar-refractivity contribution in [2.24, 2.45) is 4.99 Å². The minimum absolute atomic E-state index is 0.365. The van der Waals surface area contributed by atoms with Crippen LogP contribution in [0.4, 0.5) is 5.69 Å². The number of rotatable bonds is 17. The van der Waals surface area contributed by atoms with E-state index in [1.54, 1.807) is 0 Å². The fourth-order valence-corrected chi connectivity index (χ4v) is 6.73. The summed E-state index contributed by atoms with van der Waals surface area (Å²) < 4.78 is 23.5. The predicted octanol–water partition coefficient (Wildman–Crippen LogP) is 10.0. The molecule has 0 aliphatic heterocycles. The molecule has 0 fully saturated rings. The van der Waals surface area contributed by atoms with E-state index in [2.05, 4.69) is 138 Å². The SMILES string of the molecule is CCOP(=O)(CCC/N=C/C=C(/C=Cc1ccc(N(Cc2ccccc2)Cc2ccccc2)cc1)c1ccccc1C)OCC. The third-order valence-corrected chi connectivity index (χ3v) is 9.50. The highest BCUT2D eigenvalue weighted by atomic mass is 31.2. The van der Waals surface area contributed by atoms with Gasteiger partial charge in [-0.15, -0.1) is 0 Å². The lowest BCUT2D eigenvalue weighted by atomic mass is 9.99. The Balaban J connectivity index is 1.48. The van der Waals surface area contributed by atoms with Crippen LogP contribution < -0.4 is 4.90 Å². The van der Waals surface area contributed by atoms with E-state index in [0.29, 0.717) is 32.3 Å². The summed E-state index contributed by atoms with van der Waals surface area (Å²) in [7, 11) is -3.04. The lowest BCUT2D eigenvalue weighted by molar-refractivity contribution is 0.220. The average Bonchev–Trinajstić information content (AvgIpc) is 3.06. The van der Waals surface area contributed by atoms with Gasteiger partial charge in [0.2, 0.25) is 0 Å². The Bertz CT molecular complexity index is 1530. The fraction of sp³-hybridized carbons (Fsp3) is 0.256. The Morgan fingerprint density at radius 3 is 1.93 bits per heavy atom. The maximum Gasteiger partial charge on any atom is 0.330 e. The average molecular weight is 621 g/mol. The molecule has 45 heavy (non-hydrogen) atoms. The minimum Gasteiger partial charge on any atom is -0.363 e. The van der Waals surface area contributed by atoms with Gasteiger partial charge >= 0.3 is 7.60 Å². The molecule has 4 aromatic rings. The lowest BCUT2D eigenvalue weighted by Gasteiger charge is -2.25. The van der Waals surface area contributed by atoms with Crippen LogP contribution >= 0.6 is 7.60 Å². The van der Waals surface area contributed by atoms with Crippen LogP contribution in [0, 0.1) is 6.92 Å². The van der Waals surface area contributed by atoms with Crippen molar-refractivity contribution in [2.45, 2.75) is 40.3 Å². The number of nitrogens with zero attached hydrogens (tertiary/aromatic N) is 2. The Kier molecular flexibility index (Phi) is 13.6. The topological polar surface area (TPSA) is 51.1 Å². The molecule has 0 N–H and O–H groups in total. The minimum atomic E-state index is -3.04. The van der Waals surface area contributed by atoms with Gasteiger partial charge in [0.05, 0.1) is 19.4 Å². The molecule has 0 radical (unpaired) electrons. The van der Waals surface area contributed by atoms with Gasteiger partial charge in [-0.05, 0) is 78.8 Å². The van der Waals surface area contributed by atoms with Gasteiger partial charge in [0, 0.05) is 31.5 Å². The molecule has 6 heteroatoms. The van der Waals surface area contributed by atoms with Crippen molar-refractivity contribution in [3.05, 3.63) is 149 Å². The number of benzene rings is 4. The van der Waals surface area contributed by atoms with E-state index < -0.39 is 7.60 Å². The molecule has 4 rings (SSSR count). The fourth-order valence-electron chi connectivity index (χ4n) is 5.08. The first-order chi connectivity index (χ1) is 22.0. The molecule has 234 valence electrons. The van der Waals surface area contributed by atoms with E-state index in [0.717, 1.165) is 29.8 Å². The van der Waals surface area contributed by atoms with Gasteiger partial charge in [0.1, 0.15) is 0 Å². The maximum atomic E-state index is 12.7. The van der Waals surface area contributed by atoms with Crippen molar-refractivity contribution in [2.75, 3.05) is 30.8 Å². The van der Waals surface area contributed by atoms with Crippen LogP contribution in [0.2, 0.25) is 0 Å². The lowest BCUT2D eigenvalue weighted by Crippen LogP contribution is -2.22. The van der Waals surface area contributed by atoms with Crippen molar-refractivity contribution >= 4 is 31.1 Å². The van der Waals surface area contributed by atoms with Crippen molar-refractivity contribution in [3.63, 3.8) is 0 Å². The van der Waals surface area contributed by atoms with Gasteiger partial charge in [-0.2, -0.15) is 0 Å². The molecule has 0 aliphatic rings. The first-order valence-electron chi connectivity index (χ1n) is 15.7. The molecule has 0 saturated carbocycles. The monoisotopic (exact) mass is 620 g/mol. The van der Waals surface area contributed by atoms with E-state index in [1.807, 2.05) is 26.1 Å². The van der Waals surface area contributed by atoms with Crippen molar-refractivity contribution in [1.29, 1.82) is 0 Å². The number of hydrogen-bond acceptors (Lipinski definition) is 5. The van der Waals surface area contributed by atoms with Crippen LogP contribution in [0.15, 0.2) is 126 Å². The first kappa shape index (κ1) is 33.9. The van der Waals surface area contributed by atoms with Gasteiger partial charge in [-0.25, -0.2) is 0 Å². The van der Waals surface area contributed by atoms with E-state index in [1.165, 1.54) is 22.4 Å². The number of anilines is 1. The second-order valence-corrected chi connectivity index (χ2v) is 13.0. The molecule has 0 aromatic heterocycles. The zero-order chi connectivity index (χ0) is 31.7. The van der Waals surface area contributed by atoms with Gasteiger partial charge in [-0.1, -0.05) is 109 Å². The standard InChI is InChI=1S/C39H45N2O3P/c1-4-43-45(42,44-5-2)30-14-28-40-29-27-37(39-20-13-12-15-33(39)3)24-21-34-22-25-38(26-23-34)41(31-35-16-8-6-9-17-35)32-36-18-10-7-11-19-36/h6-13,15-27,29H,4-5,14,28,30-32H2,1-3H3/b24-21?,37-27-,40-29+. The molecule has 0 heterocycles. The maximum absolute atomic E-state index is 12.7. The van der Waals surface area contributed by atoms with Crippen LogP contribution in [-0.4, -0.2) is 32.1 Å². The summed E-state index contributed by atoms with van der Waals surface area (Å²) in [5.74, 6) is 0. The number of aliphatic imine (C=N–C) groups is 1. The van der Waals surface area contributed by atoms with E-state index >= 15 is 0 Å². The van der Waals surface area contributed by atoms with Gasteiger partial charge in [-0.3, -0.25) is 9.56 Å². The summed E-state index contributed by atoms with van der Waals surface area (Å²) in [4.78, 5) is 6.98. The zero-order valence-corrected chi connectivity index (χ0v) is 27.6. The summed E-state index contributed by atoms with van der Waals surface area (Å²) >= 11 is 0. The highest BCUT2D eigenvalue weighted by Crippen LogP contribution is 2.48. The molecule has 0 unspecified atom stereocenters. The summed E-state index contributed by atoms with van der Waals surface area (Å²) in [6.45, 7) is 8.74. The normalized spacial score (nSPS) is 12.3. The van der Waals surface area contributed by atoms with Crippen molar-refractivity contribution in [3.8, 4) is 0 Å². The van der Waals surface area contributed by atoms with E-state index in [9.17, 15) is 4.57 Å². The summed E-state index contributed by atoms with van der Waals surface area (Å²) in [5, 5.41) is 0. The molecule has 4 aromatic carbocycles. The molecule has 0 aliphatic carbocycles. The molecule has 0 spiro atoms. The summed E-state index contributed by atoms with van der Waals surface area (Å²) in [6.07, 6.45) is 9.17. The van der Waals surface area contributed by atoms with E-state index in [4.69, 9.17) is 9.05 Å². The quantitative estimate of drug-likeness (QED) is 0.0510. The van der Waals surface area contributed by atoms with Crippen molar-refractivity contribution in [1.82, 2.24) is 0 Å². The molecular weight excluding hydrogens is 575 g/mol. The van der Waals surface area contributed by atoms with Crippen LogP contribution in [0.25, 0.3) is 11.6 Å². The third-order valence-electron chi connectivity index (χ3n) is 7.33. The molecule has 0 amide bonds. The Hall–Kier alpha value is -4.02. The van der Waals surface area contributed by atoms with Crippen molar-refractivity contribution < 1.29 is 13.6 Å². The largest absolute Gasteiger partial charge is 0.363 e. The zero-order valence-electron chi connectivity index (χ0n) is 26.7. The van der Waals surface area contributed by atoms with E-state index in [-0.39, 0.29) is 0 Å². The molecule has 5 nitrogen and oxygen atoms in total. The first-order valence-corrected chi connectivity index (χ1v) is 17.5. The predicted molar refractivity (Wildman–Crippen MR) is 191 cm³/mol. The number of allylic oxidation sites excluding steroid dienone is 3. The summed E-state index contributed by atoms with van der Waals surface area (Å²) in [5.41, 5.74) is 8.30. The second kappa shape index (κ2) is 18.1. The number of hydrogen-bond donors (Lipinski definition) is 0. The molecule has 0 atom stereocenters. The molecule has 0 saturated heterocycles. The van der Waals surface area contributed by atoms with Crippen LogP contribution in [0.1, 0.15) is 48.1 Å². The van der Waals surface area contributed by atoms with Crippen LogP contribution in [0.3, 0.4) is 0 Å². The third kappa shape index (κ3) is 11.1. The van der Waals surface area contributed by atoms with Crippen LogP contribution in [-0.2, 0) is 26.7 Å². The number of aryl methyl sites for hydroxylation is 1. The highest BCUT2D eigenvalue weighted by molar-refractivity contribution is 7.53. The molecular formula is C39H45N2O3P. The van der Waals surface area contributed by atoms with Gasteiger partial charge in [0.15, 0.2) is 0 Å².